The minimum absolute atomic E-state index is 0.0230. The van der Waals surface area contributed by atoms with E-state index in [1.54, 1.807) is 16.2 Å². The second-order valence-corrected chi connectivity index (χ2v) is 7.04. The molecule has 3 heterocycles. The van der Waals surface area contributed by atoms with Gasteiger partial charge in [0.05, 0.1) is 27.8 Å². The summed E-state index contributed by atoms with van der Waals surface area (Å²) in [4.78, 5) is 20.6. The topological polar surface area (TPSA) is 53.4 Å². The molecule has 4 rings (SSSR count). The van der Waals surface area contributed by atoms with Gasteiger partial charge in [-0.1, -0.05) is 24.3 Å². The van der Waals surface area contributed by atoms with Crippen LogP contribution in [0.5, 0.6) is 0 Å². The highest BCUT2D eigenvalue weighted by atomic mass is 32.1. The van der Waals surface area contributed by atoms with Gasteiger partial charge in [-0.15, -0.1) is 11.3 Å². The summed E-state index contributed by atoms with van der Waals surface area (Å²) in [5.41, 5.74) is 2.31. The molecule has 3 aromatic rings. The summed E-state index contributed by atoms with van der Waals surface area (Å²) < 4.78 is 0. The molecule has 1 aromatic carbocycles. The number of likely N-dealkylation sites (tertiary alicyclic amines) is 1. The van der Waals surface area contributed by atoms with Gasteiger partial charge in [-0.25, -0.2) is 4.98 Å². The highest BCUT2D eigenvalue weighted by molar-refractivity contribution is 7.13. The van der Waals surface area contributed by atoms with E-state index >= 15 is 0 Å². The van der Waals surface area contributed by atoms with Crippen molar-refractivity contribution in [3.8, 4) is 10.6 Å². The molecule has 1 N–H and O–H groups in total. The third kappa shape index (κ3) is 2.81. The van der Waals surface area contributed by atoms with E-state index < -0.39 is 6.10 Å². The van der Waals surface area contributed by atoms with Crippen molar-refractivity contribution >= 4 is 28.1 Å². The lowest BCUT2D eigenvalue weighted by molar-refractivity contribution is 0.0475. The molecule has 1 saturated heterocycles. The first kappa shape index (κ1) is 15.3. The highest BCUT2D eigenvalue weighted by Crippen LogP contribution is 2.29. The summed E-state index contributed by atoms with van der Waals surface area (Å²) in [5.74, 6) is -0.0230. The third-order valence-electron chi connectivity index (χ3n) is 4.40. The minimum Gasteiger partial charge on any atom is -0.391 e. The molecule has 0 spiro atoms. The zero-order valence-corrected chi connectivity index (χ0v) is 14.0. The van der Waals surface area contributed by atoms with E-state index in [4.69, 9.17) is 4.98 Å². The number of fused-ring (bicyclic) bond motifs is 1. The smallest absolute Gasteiger partial charge is 0.254 e. The molecule has 24 heavy (non-hydrogen) atoms. The van der Waals surface area contributed by atoms with Crippen LogP contribution < -0.4 is 0 Å². The van der Waals surface area contributed by atoms with Crippen molar-refractivity contribution in [2.75, 3.05) is 13.1 Å². The number of aliphatic hydroxyl groups excluding tert-OH is 1. The maximum atomic E-state index is 13.1. The second-order valence-electron chi connectivity index (χ2n) is 6.10. The molecule has 2 aromatic heterocycles. The average molecular weight is 338 g/mol. The number of hydrogen-bond acceptors (Lipinski definition) is 4. The number of carbonyl (C=O) groups excluding carboxylic acids is 1. The molecule has 1 atom stereocenters. The Hall–Kier alpha value is -2.24. The van der Waals surface area contributed by atoms with Crippen LogP contribution in [0, 0.1) is 0 Å². The molecule has 0 bridgehead atoms. The fraction of sp³-hybridized carbons (Fsp3) is 0.263. The van der Waals surface area contributed by atoms with Crippen LogP contribution in [0.15, 0.2) is 47.8 Å². The van der Waals surface area contributed by atoms with Crippen molar-refractivity contribution in [1.29, 1.82) is 0 Å². The molecule has 1 aliphatic heterocycles. The van der Waals surface area contributed by atoms with Crippen LogP contribution in [-0.4, -0.2) is 40.1 Å². The molecule has 5 heteroatoms. The first-order chi connectivity index (χ1) is 11.7. The number of para-hydroxylation sites is 1. The predicted molar refractivity (Wildman–Crippen MR) is 96.2 cm³/mol. The van der Waals surface area contributed by atoms with Crippen LogP contribution in [-0.2, 0) is 0 Å². The van der Waals surface area contributed by atoms with Crippen molar-refractivity contribution in [3.05, 3.63) is 53.4 Å². The van der Waals surface area contributed by atoms with Crippen LogP contribution in [0.25, 0.3) is 21.5 Å². The first-order valence-electron chi connectivity index (χ1n) is 8.13. The number of piperidine rings is 1. The van der Waals surface area contributed by atoms with Gasteiger partial charge in [0.1, 0.15) is 0 Å². The molecule has 0 aliphatic carbocycles. The lowest BCUT2D eigenvalue weighted by atomic mass is 10.0. The summed E-state index contributed by atoms with van der Waals surface area (Å²) in [7, 11) is 0. The zero-order valence-electron chi connectivity index (χ0n) is 13.2. The van der Waals surface area contributed by atoms with Crippen LogP contribution in [0.3, 0.4) is 0 Å². The average Bonchev–Trinajstić information content (AvgIpc) is 3.15. The summed E-state index contributed by atoms with van der Waals surface area (Å²) in [5, 5.41) is 12.8. The Morgan fingerprint density at radius 2 is 2.12 bits per heavy atom. The summed E-state index contributed by atoms with van der Waals surface area (Å²) in [6.45, 7) is 1.10. The number of amides is 1. The monoisotopic (exact) mass is 338 g/mol. The Balaban J connectivity index is 1.82. The number of aliphatic hydroxyl groups is 1. The van der Waals surface area contributed by atoms with Gasteiger partial charge in [-0.05, 0) is 36.4 Å². The van der Waals surface area contributed by atoms with E-state index in [1.165, 1.54) is 0 Å². The molecule has 0 radical (unpaired) electrons. The summed E-state index contributed by atoms with van der Waals surface area (Å²) >= 11 is 1.61. The molecule has 4 nitrogen and oxygen atoms in total. The van der Waals surface area contributed by atoms with Gasteiger partial charge in [0.2, 0.25) is 0 Å². The summed E-state index contributed by atoms with van der Waals surface area (Å²) in [6.07, 6.45) is 1.18. The van der Waals surface area contributed by atoms with E-state index in [-0.39, 0.29) is 5.91 Å². The van der Waals surface area contributed by atoms with Gasteiger partial charge >= 0.3 is 0 Å². The quantitative estimate of drug-likeness (QED) is 0.777. The van der Waals surface area contributed by atoms with E-state index in [2.05, 4.69) is 0 Å². The van der Waals surface area contributed by atoms with Gasteiger partial charge in [-0.3, -0.25) is 4.79 Å². The highest BCUT2D eigenvalue weighted by Gasteiger charge is 2.25. The van der Waals surface area contributed by atoms with Gasteiger partial charge in [0.25, 0.3) is 5.91 Å². The maximum absolute atomic E-state index is 13.1. The van der Waals surface area contributed by atoms with Crippen LogP contribution in [0.4, 0.5) is 0 Å². The Kier molecular flexibility index (Phi) is 4.04. The van der Waals surface area contributed by atoms with E-state index in [0.29, 0.717) is 18.7 Å². The molecule has 1 aliphatic rings. The zero-order chi connectivity index (χ0) is 16.5. The first-order valence-corrected chi connectivity index (χ1v) is 9.01. The number of benzene rings is 1. The normalized spacial score (nSPS) is 18.0. The number of nitrogens with zero attached hydrogens (tertiary/aromatic N) is 2. The van der Waals surface area contributed by atoms with Crippen LogP contribution in [0.2, 0.25) is 0 Å². The number of hydrogen-bond donors (Lipinski definition) is 1. The van der Waals surface area contributed by atoms with Crippen molar-refractivity contribution in [2.24, 2.45) is 0 Å². The largest absolute Gasteiger partial charge is 0.391 e. The Morgan fingerprint density at radius 3 is 2.92 bits per heavy atom. The Bertz CT molecular complexity index is 876. The standard InChI is InChI=1S/C19H18N2O2S/c22-13-5-3-9-21(12-13)19(23)15-11-17(18-8-4-10-24-18)20-16-7-2-1-6-14(15)16/h1-2,4,6-8,10-11,13,22H,3,5,9,12H2. The van der Waals surface area contributed by atoms with Crippen LogP contribution >= 0.6 is 11.3 Å². The van der Waals surface area contributed by atoms with Gasteiger partial charge in [0, 0.05) is 18.5 Å². The number of pyridine rings is 1. The molecule has 122 valence electrons. The van der Waals surface area contributed by atoms with Gasteiger partial charge in [-0.2, -0.15) is 0 Å². The number of rotatable bonds is 2. The number of carbonyl (C=O) groups is 1. The summed E-state index contributed by atoms with van der Waals surface area (Å²) in [6, 6.07) is 13.6. The lowest BCUT2D eigenvalue weighted by Crippen LogP contribution is -2.42. The number of aromatic nitrogens is 1. The lowest BCUT2D eigenvalue weighted by Gasteiger charge is -2.30. The van der Waals surface area contributed by atoms with Crippen molar-refractivity contribution < 1.29 is 9.90 Å². The van der Waals surface area contributed by atoms with E-state index in [0.717, 1.165) is 34.3 Å². The Labute approximate surface area is 144 Å². The third-order valence-corrected chi connectivity index (χ3v) is 5.30. The fourth-order valence-electron chi connectivity index (χ4n) is 3.21. The number of thiophene rings is 1. The molecule has 1 unspecified atom stereocenters. The van der Waals surface area contributed by atoms with Gasteiger partial charge < -0.3 is 10.0 Å². The van der Waals surface area contributed by atoms with Crippen molar-refractivity contribution in [2.45, 2.75) is 18.9 Å². The van der Waals surface area contributed by atoms with Crippen molar-refractivity contribution in [3.63, 3.8) is 0 Å². The van der Waals surface area contributed by atoms with E-state index in [9.17, 15) is 9.90 Å². The SMILES string of the molecule is O=C(c1cc(-c2cccs2)nc2ccccc12)N1CCCC(O)C1. The Morgan fingerprint density at radius 1 is 1.25 bits per heavy atom. The molecule has 0 saturated carbocycles. The predicted octanol–water partition coefficient (Wildman–Crippen LogP) is 3.56. The molecule has 1 fully saturated rings. The second kappa shape index (κ2) is 6.34. The van der Waals surface area contributed by atoms with Crippen molar-refractivity contribution in [1.82, 2.24) is 9.88 Å². The fourth-order valence-corrected chi connectivity index (χ4v) is 3.90. The molecular weight excluding hydrogens is 320 g/mol. The van der Waals surface area contributed by atoms with E-state index in [1.807, 2.05) is 47.8 Å². The van der Waals surface area contributed by atoms with Gasteiger partial charge in [0.15, 0.2) is 0 Å². The minimum atomic E-state index is -0.424. The van der Waals surface area contributed by atoms with Crippen LogP contribution in [0.1, 0.15) is 23.2 Å². The molecule has 1 amide bonds. The maximum Gasteiger partial charge on any atom is 0.254 e. The molecular formula is C19H18N2O2S. The number of β-amino-alcohol motifs (C(OH)–C–C–N with tert-alkyl or cyclic N) is 1.